The molecule has 3 rings (SSSR count). The third-order valence-corrected chi connectivity index (χ3v) is 3.93. The molecule has 25 heavy (non-hydrogen) atoms. The molecule has 9 nitrogen and oxygen atoms in total. The number of hydrogen-bond acceptors (Lipinski definition) is 8. The Morgan fingerprint density at radius 1 is 1.40 bits per heavy atom. The van der Waals surface area contributed by atoms with Gasteiger partial charge in [-0.3, -0.25) is 4.79 Å². The van der Waals surface area contributed by atoms with Gasteiger partial charge < -0.3 is 23.4 Å². The highest BCUT2D eigenvalue weighted by Crippen LogP contribution is 2.18. The lowest BCUT2D eigenvalue weighted by Gasteiger charge is -2.31. The van der Waals surface area contributed by atoms with Crippen LogP contribution in [0.1, 0.15) is 47.7 Å². The molecule has 0 aliphatic carbocycles. The zero-order valence-electron chi connectivity index (χ0n) is 14.6. The normalized spacial score (nSPS) is 18.1. The van der Waals surface area contributed by atoms with Gasteiger partial charge in [0.25, 0.3) is 5.91 Å². The van der Waals surface area contributed by atoms with Crippen LogP contribution in [0.25, 0.3) is 0 Å². The molecular formula is C16H22N4O5. The van der Waals surface area contributed by atoms with E-state index in [-0.39, 0.29) is 17.9 Å². The van der Waals surface area contributed by atoms with Crippen LogP contribution in [-0.4, -0.2) is 59.0 Å². The van der Waals surface area contributed by atoms with Crippen molar-refractivity contribution in [2.45, 2.75) is 38.9 Å². The van der Waals surface area contributed by atoms with Crippen molar-refractivity contribution in [3.05, 3.63) is 29.2 Å². The molecule has 0 N–H and O–H groups in total. The van der Waals surface area contributed by atoms with Crippen molar-refractivity contribution in [2.24, 2.45) is 0 Å². The average molecular weight is 350 g/mol. The molecule has 1 amide bonds. The number of ether oxygens (including phenoxy) is 2. The van der Waals surface area contributed by atoms with E-state index in [1.807, 2.05) is 13.8 Å². The minimum Gasteiger partial charge on any atom is -0.377 e. The number of carbonyl (C=O) groups excluding carboxylic acids is 1. The quantitative estimate of drug-likeness (QED) is 0.770. The van der Waals surface area contributed by atoms with E-state index in [1.165, 1.54) is 0 Å². The largest absolute Gasteiger partial charge is 0.377 e. The second kappa shape index (κ2) is 7.75. The number of aromatic nitrogens is 3. The third kappa shape index (κ3) is 4.23. The summed E-state index contributed by atoms with van der Waals surface area (Å²) < 4.78 is 21.1. The van der Waals surface area contributed by atoms with Crippen molar-refractivity contribution in [1.82, 2.24) is 20.2 Å². The monoisotopic (exact) mass is 350 g/mol. The minimum atomic E-state index is -0.204. The lowest BCUT2D eigenvalue weighted by molar-refractivity contribution is -0.0240. The first-order valence-corrected chi connectivity index (χ1v) is 8.24. The number of carbonyl (C=O) groups is 1. The Kier molecular flexibility index (Phi) is 5.44. The lowest BCUT2D eigenvalue weighted by atomic mass is 10.1. The molecule has 2 aromatic heterocycles. The van der Waals surface area contributed by atoms with E-state index >= 15 is 0 Å². The second-order valence-corrected chi connectivity index (χ2v) is 6.25. The van der Waals surface area contributed by atoms with E-state index in [0.29, 0.717) is 55.9 Å². The fourth-order valence-corrected chi connectivity index (χ4v) is 2.61. The van der Waals surface area contributed by atoms with Crippen molar-refractivity contribution in [3.63, 3.8) is 0 Å². The van der Waals surface area contributed by atoms with Crippen molar-refractivity contribution < 1.29 is 23.3 Å². The van der Waals surface area contributed by atoms with E-state index in [1.54, 1.807) is 18.1 Å². The number of morpholine rings is 1. The molecule has 1 aliphatic rings. The van der Waals surface area contributed by atoms with Gasteiger partial charge in [0.1, 0.15) is 12.4 Å². The molecule has 0 spiro atoms. The first-order valence-electron chi connectivity index (χ1n) is 8.24. The summed E-state index contributed by atoms with van der Waals surface area (Å²) in [5.74, 6) is 1.68. The molecule has 1 atom stereocenters. The maximum absolute atomic E-state index is 12.6. The van der Waals surface area contributed by atoms with Crippen molar-refractivity contribution in [2.75, 3.05) is 26.8 Å². The summed E-state index contributed by atoms with van der Waals surface area (Å²) >= 11 is 0. The predicted octanol–water partition coefficient (Wildman–Crippen LogP) is 1.41. The Morgan fingerprint density at radius 3 is 2.96 bits per heavy atom. The van der Waals surface area contributed by atoms with Crippen LogP contribution >= 0.6 is 0 Å². The summed E-state index contributed by atoms with van der Waals surface area (Å²) in [7, 11) is 1.57. The van der Waals surface area contributed by atoms with Crippen LogP contribution < -0.4 is 0 Å². The van der Waals surface area contributed by atoms with Gasteiger partial charge in [-0.2, -0.15) is 4.98 Å². The molecule has 0 saturated carbocycles. The molecule has 1 unspecified atom stereocenters. The van der Waals surface area contributed by atoms with E-state index in [4.69, 9.17) is 18.5 Å². The van der Waals surface area contributed by atoms with E-state index in [9.17, 15) is 4.79 Å². The van der Waals surface area contributed by atoms with Crippen LogP contribution in [0.4, 0.5) is 0 Å². The van der Waals surface area contributed by atoms with Gasteiger partial charge in [-0.15, -0.1) is 0 Å². The molecule has 2 aromatic rings. The number of nitrogens with zero attached hydrogens (tertiary/aromatic N) is 4. The molecule has 3 heterocycles. The Bertz CT molecular complexity index is 711. The Morgan fingerprint density at radius 2 is 2.24 bits per heavy atom. The highest BCUT2D eigenvalue weighted by molar-refractivity contribution is 5.92. The Balaban J connectivity index is 1.60. The van der Waals surface area contributed by atoms with Crippen LogP contribution in [0, 0.1) is 0 Å². The molecule has 1 saturated heterocycles. The zero-order chi connectivity index (χ0) is 17.8. The molecule has 136 valence electrons. The molecule has 1 fully saturated rings. The first-order chi connectivity index (χ1) is 12.1. The molecule has 0 bridgehead atoms. The lowest BCUT2D eigenvalue weighted by Crippen LogP contribution is -2.46. The summed E-state index contributed by atoms with van der Waals surface area (Å²) in [5, 5.41) is 7.71. The third-order valence-electron chi connectivity index (χ3n) is 3.93. The molecule has 0 aromatic carbocycles. The van der Waals surface area contributed by atoms with Gasteiger partial charge >= 0.3 is 0 Å². The standard InChI is InChI=1S/C16H22N4O5/c1-10(2)13-7-12(18-24-13)16(21)20-4-5-23-11(8-20)6-15-17-14(9-22-3)19-25-15/h7,10-11H,4-6,8-9H2,1-3H3. The van der Waals surface area contributed by atoms with E-state index in [0.717, 1.165) is 0 Å². The summed E-state index contributed by atoms with van der Waals surface area (Å²) in [5.41, 5.74) is 0.324. The minimum absolute atomic E-state index is 0.158. The molecule has 1 aliphatic heterocycles. The Hall–Kier alpha value is -2.26. The van der Waals surface area contributed by atoms with Gasteiger partial charge in [-0.05, 0) is 0 Å². The highest BCUT2D eigenvalue weighted by atomic mass is 16.5. The van der Waals surface area contributed by atoms with Gasteiger partial charge in [-0.25, -0.2) is 0 Å². The van der Waals surface area contributed by atoms with Crippen LogP contribution in [0.3, 0.4) is 0 Å². The molecular weight excluding hydrogens is 328 g/mol. The summed E-state index contributed by atoms with van der Waals surface area (Å²) in [4.78, 5) is 18.5. The van der Waals surface area contributed by atoms with E-state index < -0.39 is 0 Å². The maximum atomic E-state index is 12.6. The SMILES string of the molecule is COCc1noc(CC2CN(C(=O)c3cc(C(C)C)on3)CCO2)n1. The number of hydrogen-bond donors (Lipinski definition) is 0. The van der Waals surface area contributed by atoms with Gasteiger partial charge in [0.15, 0.2) is 11.5 Å². The predicted molar refractivity (Wildman–Crippen MR) is 85.0 cm³/mol. The fourth-order valence-electron chi connectivity index (χ4n) is 2.61. The first kappa shape index (κ1) is 17.6. The maximum Gasteiger partial charge on any atom is 0.276 e. The van der Waals surface area contributed by atoms with Crippen molar-refractivity contribution in [3.8, 4) is 0 Å². The number of rotatable bonds is 6. The zero-order valence-corrected chi connectivity index (χ0v) is 14.6. The van der Waals surface area contributed by atoms with Crippen LogP contribution in [-0.2, 0) is 22.5 Å². The van der Waals surface area contributed by atoms with E-state index in [2.05, 4.69) is 15.3 Å². The van der Waals surface area contributed by atoms with Crippen molar-refractivity contribution >= 4 is 5.91 Å². The van der Waals surface area contributed by atoms with Crippen LogP contribution in [0.2, 0.25) is 0 Å². The van der Waals surface area contributed by atoms with Gasteiger partial charge in [-0.1, -0.05) is 24.2 Å². The summed E-state index contributed by atoms with van der Waals surface area (Å²) in [6.45, 7) is 5.67. The number of methoxy groups -OCH3 is 1. The summed E-state index contributed by atoms with van der Waals surface area (Å²) in [6.07, 6.45) is 0.237. The highest BCUT2D eigenvalue weighted by Gasteiger charge is 2.28. The van der Waals surface area contributed by atoms with Crippen LogP contribution in [0.5, 0.6) is 0 Å². The fraction of sp³-hybridized carbons (Fsp3) is 0.625. The molecule has 0 radical (unpaired) electrons. The smallest absolute Gasteiger partial charge is 0.276 e. The molecule has 9 heteroatoms. The topological polar surface area (TPSA) is 104 Å². The summed E-state index contributed by atoms with van der Waals surface area (Å²) in [6, 6.07) is 1.70. The average Bonchev–Trinajstić information content (AvgIpc) is 3.24. The number of amides is 1. The van der Waals surface area contributed by atoms with Crippen molar-refractivity contribution in [1.29, 1.82) is 0 Å². The van der Waals surface area contributed by atoms with Gasteiger partial charge in [0, 0.05) is 32.2 Å². The van der Waals surface area contributed by atoms with Gasteiger partial charge in [0.05, 0.1) is 19.1 Å². The second-order valence-electron chi connectivity index (χ2n) is 6.25. The van der Waals surface area contributed by atoms with Gasteiger partial charge in [0.2, 0.25) is 5.89 Å². The Labute approximate surface area is 145 Å². The van der Waals surface area contributed by atoms with Crippen LogP contribution in [0.15, 0.2) is 15.1 Å².